The predicted molar refractivity (Wildman–Crippen MR) is 96.7 cm³/mol. The Hall–Kier alpha value is -3.35. The number of methoxy groups -OCH3 is 1. The van der Waals surface area contributed by atoms with Crippen molar-refractivity contribution in [1.82, 2.24) is 10.1 Å². The number of nitrogens with zero attached hydrogens (tertiary/aromatic N) is 3. The minimum absolute atomic E-state index is 0.0405. The molecule has 2 aromatic heterocycles. The van der Waals surface area contributed by atoms with E-state index in [1.165, 1.54) is 0 Å². The lowest BCUT2D eigenvalue weighted by Gasteiger charge is -2.16. The van der Waals surface area contributed by atoms with Gasteiger partial charge in [-0.2, -0.15) is 0 Å². The van der Waals surface area contributed by atoms with Gasteiger partial charge in [-0.25, -0.2) is 4.79 Å². The van der Waals surface area contributed by atoms with Gasteiger partial charge in [-0.15, -0.1) is 0 Å². The van der Waals surface area contributed by atoms with Crippen molar-refractivity contribution in [1.29, 1.82) is 0 Å². The Labute approximate surface area is 150 Å². The maximum atomic E-state index is 11.8. The fourth-order valence-electron chi connectivity index (χ4n) is 2.61. The van der Waals surface area contributed by atoms with E-state index in [-0.39, 0.29) is 11.3 Å². The summed E-state index contributed by atoms with van der Waals surface area (Å²) in [5, 5.41) is 13.7. The summed E-state index contributed by atoms with van der Waals surface area (Å²) in [6.07, 6.45) is 2.40. The molecule has 0 spiro atoms. The van der Waals surface area contributed by atoms with Gasteiger partial charge in [-0.1, -0.05) is 11.2 Å². The van der Waals surface area contributed by atoms with Crippen LogP contribution in [-0.4, -0.2) is 41.9 Å². The van der Waals surface area contributed by atoms with Gasteiger partial charge in [0.15, 0.2) is 17.1 Å². The summed E-state index contributed by atoms with van der Waals surface area (Å²) in [6.45, 7) is 0.561. The average molecular weight is 353 g/mol. The molecule has 0 atom stereocenters. The minimum Gasteiger partial charge on any atom is -0.497 e. The number of hydrogen-bond donors (Lipinski definition) is 1. The standard InChI is InChI=1S/C19H19N3O4/c1-22(12-10-14-5-3-4-11-20-14)18-16(19(23)24)17(26-21-18)13-6-8-15(25-2)9-7-13/h3-9,11H,10,12H2,1-2H3,(H,23,24). The molecule has 7 heteroatoms. The molecule has 0 aliphatic rings. The highest BCUT2D eigenvalue weighted by Gasteiger charge is 2.26. The third kappa shape index (κ3) is 3.66. The summed E-state index contributed by atoms with van der Waals surface area (Å²) in [7, 11) is 3.35. The Bertz CT molecular complexity index is 876. The van der Waals surface area contributed by atoms with E-state index in [1.807, 2.05) is 18.2 Å². The number of carboxylic acid groups (broad SMARTS) is 1. The number of carbonyl (C=O) groups is 1. The third-order valence-electron chi connectivity index (χ3n) is 4.03. The van der Waals surface area contributed by atoms with Crippen LogP contribution in [0, 0.1) is 0 Å². The molecule has 3 aromatic rings. The first kappa shape index (κ1) is 17.5. The molecular weight excluding hydrogens is 334 g/mol. The second kappa shape index (κ2) is 7.69. The lowest BCUT2D eigenvalue weighted by atomic mass is 10.1. The number of hydrogen-bond acceptors (Lipinski definition) is 6. The van der Waals surface area contributed by atoms with E-state index in [2.05, 4.69) is 10.1 Å². The molecule has 7 nitrogen and oxygen atoms in total. The van der Waals surface area contributed by atoms with Crippen LogP contribution in [-0.2, 0) is 6.42 Å². The Morgan fingerprint density at radius 1 is 1.23 bits per heavy atom. The molecule has 0 saturated heterocycles. The number of pyridine rings is 1. The number of likely N-dealkylation sites (N-methyl/N-ethyl adjacent to an activating group) is 1. The Balaban J connectivity index is 1.85. The normalized spacial score (nSPS) is 10.5. The van der Waals surface area contributed by atoms with Crippen molar-refractivity contribution < 1.29 is 19.2 Å². The molecule has 0 aliphatic heterocycles. The smallest absolute Gasteiger partial charge is 0.343 e. The molecule has 0 aliphatic carbocycles. The van der Waals surface area contributed by atoms with Gasteiger partial charge in [0.2, 0.25) is 0 Å². The van der Waals surface area contributed by atoms with Crippen molar-refractivity contribution in [3.63, 3.8) is 0 Å². The van der Waals surface area contributed by atoms with Gasteiger partial charge in [0.1, 0.15) is 5.75 Å². The first-order chi connectivity index (χ1) is 12.6. The largest absolute Gasteiger partial charge is 0.497 e. The molecular formula is C19H19N3O4. The van der Waals surface area contributed by atoms with Crippen LogP contribution in [0.5, 0.6) is 5.75 Å². The monoisotopic (exact) mass is 353 g/mol. The van der Waals surface area contributed by atoms with Gasteiger partial charge in [-0.3, -0.25) is 4.98 Å². The first-order valence-electron chi connectivity index (χ1n) is 8.08. The second-order valence-corrected chi connectivity index (χ2v) is 5.74. The van der Waals surface area contributed by atoms with Crippen LogP contribution in [0.3, 0.4) is 0 Å². The number of carboxylic acids is 1. The number of benzene rings is 1. The lowest BCUT2D eigenvalue weighted by Crippen LogP contribution is -2.23. The Morgan fingerprint density at radius 2 is 2.00 bits per heavy atom. The molecule has 1 aromatic carbocycles. The van der Waals surface area contributed by atoms with Crippen LogP contribution in [0.15, 0.2) is 53.2 Å². The van der Waals surface area contributed by atoms with Crippen LogP contribution < -0.4 is 9.64 Å². The second-order valence-electron chi connectivity index (χ2n) is 5.74. The van der Waals surface area contributed by atoms with Crippen molar-refractivity contribution in [3.8, 4) is 17.1 Å². The lowest BCUT2D eigenvalue weighted by molar-refractivity contribution is 0.0698. The molecule has 0 radical (unpaired) electrons. The molecule has 0 unspecified atom stereocenters. The van der Waals surface area contributed by atoms with E-state index in [0.29, 0.717) is 30.1 Å². The summed E-state index contributed by atoms with van der Waals surface area (Å²) < 4.78 is 10.5. The fourth-order valence-corrected chi connectivity index (χ4v) is 2.61. The van der Waals surface area contributed by atoms with Gasteiger partial charge in [0.05, 0.1) is 7.11 Å². The third-order valence-corrected chi connectivity index (χ3v) is 4.03. The maximum absolute atomic E-state index is 11.8. The van der Waals surface area contributed by atoms with Crippen LogP contribution >= 0.6 is 0 Å². The van der Waals surface area contributed by atoms with E-state index in [0.717, 1.165) is 5.69 Å². The first-order valence-corrected chi connectivity index (χ1v) is 8.08. The molecule has 2 heterocycles. The quantitative estimate of drug-likeness (QED) is 0.698. The molecule has 3 rings (SSSR count). The van der Waals surface area contributed by atoms with Crippen molar-refractivity contribution >= 4 is 11.8 Å². The van der Waals surface area contributed by atoms with Crippen LogP contribution in [0.1, 0.15) is 16.1 Å². The SMILES string of the molecule is COc1ccc(-c2onc(N(C)CCc3ccccn3)c2C(=O)O)cc1. The average Bonchev–Trinajstić information content (AvgIpc) is 3.12. The molecule has 0 bridgehead atoms. The fraction of sp³-hybridized carbons (Fsp3) is 0.211. The van der Waals surface area contributed by atoms with Gasteiger partial charge >= 0.3 is 5.97 Å². The summed E-state index contributed by atoms with van der Waals surface area (Å²) in [4.78, 5) is 17.8. The zero-order valence-electron chi connectivity index (χ0n) is 14.5. The topological polar surface area (TPSA) is 88.7 Å². The van der Waals surface area contributed by atoms with E-state index in [1.54, 1.807) is 49.5 Å². The Morgan fingerprint density at radius 3 is 2.62 bits per heavy atom. The summed E-state index contributed by atoms with van der Waals surface area (Å²) in [6, 6.07) is 12.7. The molecule has 0 fully saturated rings. The van der Waals surface area contributed by atoms with E-state index in [9.17, 15) is 9.90 Å². The van der Waals surface area contributed by atoms with Crippen molar-refractivity contribution in [2.45, 2.75) is 6.42 Å². The van der Waals surface area contributed by atoms with Gasteiger partial charge in [-0.05, 0) is 36.4 Å². The predicted octanol–water partition coefficient (Wildman–Crippen LogP) is 3.12. The number of aromatic nitrogens is 2. The van der Waals surface area contributed by atoms with Crippen LogP contribution in [0.25, 0.3) is 11.3 Å². The highest BCUT2D eigenvalue weighted by Crippen LogP contribution is 2.32. The molecule has 0 amide bonds. The summed E-state index contributed by atoms with van der Waals surface area (Å²) >= 11 is 0. The van der Waals surface area contributed by atoms with Crippen molar-refractivity contribution in [3.05, 3.63) is 59.9 Å². The van der Waals surface area contributed by atoms with Crippen molar-refractivity contribution in [2.24, 2.45) is 0 Å². The highest BCUT2D eigenvalue weighted by molar-refractivity contribution is 5.99. The van der Waals surface area contributed by atoms with Crippen LogP contribution in [0.2, 0.25) is 0 Å². The summed E-state index contributed by atoms with van der Waals surface area (Å²) in [5.41, 5.74) is 1.59. The molecule has 134 valence electrons. The zero-order valence-corrected chi connectivity index (χ0v) is 14.5. The molecule has 1 N–H and O–H groups in total. The number of aromatic carboxylic acids is 1. The highest BCUT2D eigenvalue weighted by atomic mass is 16.5. The van der Waals surface area contributed by atoms with Gasteiger partial charge < -0.3 is 19.3 Å². The molecule has 26 heavy (non-hydrogen) atoms. The van der Waals surface area contributed by atoms with Gasteiger partial charge in [0, 0.05) is 37.5 Å². The number of anilines is 1. The van der Waals surface area contributed by atoms with E-state index >= 15 is 0 Å². The van der Waals surface area contributed by atoms with Crippen molar-refractivity contribution in [2.75, 3.05) is 25.6 Å². The Kier molecular flexibility index (Phi) is 5.17. The van der Waals surface area contributed by atoms with Gasteiger partial charge in [0.25, 0.3) is 0 Å². The number of rotatable bonds is 7. The maximum Gasteiger partial charge on any atom is 0.343 e. The minimum atomic E-state index is -1.09. The zero-order chi connectivity index (χ0) is 18.5. The number of ether oxygens (including phenoxy) is 1. The van der Waals surface area contributed by atoms with Crippen LogP contribution in [0.4, 0.5) is 5.82 Å². The molecule has 0 saturated carbocycles. The van der Waals surface area contributed by atoms with E-state index < -0.39 is 5.97 Å². The summed E-state index contributed by atoms with van der Waals surface area (Å²) in [5.74, 6) is 0.105. The van der Waals surface area contributed by atoms with E-state index in [4.69, 9.17) is 9.26 Å².